The van der Waals surface area contributed by atoms with E-state index in [4.69, 9.17) is 4.98 Å². The van der Waals surface area contributed by atoms with Gasteiger partial charge in [0, 0.05) is 21.7 Å². The monoisotopic (exact) mass is 722 g/mol. The highest BCUT2D eigenvalue weighted by atomic mass is 15.1. The zero-order chi connectivity index (χ0) is 37.5. The summed E-state index contributed by atoms with van der Waals surface area (Å²) in [6, 6.07) is 75.2. The lowest BCUT2D eigenvalue weighted by Crippen LogP contribution is -2.01. The van der Waals surface area contributed by atoms with Crippen molar-refractivity contribution in [3.8, 4) is 39.2 Å². The fraction of sp³-hybridized carbons (Fsp3) is 0. The van der Waals surface area contributed by atoms with E-state index in [-0.39, 0.29) is 0 Å². The molecule has 264 valence electrons. The average molecular weight is 723 g/mol. The first-order valence-electron chi connectivity index (χ1n) is 19.6. The van der Waals surface area contributed by atoms with E-state index in [0.717, 1.165) is 38.9 Å². The minimum Gasteiger partial charge on any atom is -0.293 e. The fourth-order valence-electron chi connectivity index (χ4n) is 9.37. The van der Waals surface area contributed by atoms with Gasteiger partial charge in [-0.2, -0.15) is 0 Å². The van der Waals surface area contributed by atoms with Gasteiger partial charge in [0.2, 0.25) is 0 Å². The molecule has 57 heavy (non-hydrogen) atoms. The lowest BCUT2D eigenvalue weighted by Gasteiger charge is -2.17. The molecule has 2 aromatic heterocycles. The van der Waals surface area contributed by atoms with Crippen molar-refractivity contribution in [1.29, 1.82) is 0 Å². The van der Waals surface area contributed by atoms with Crippen molar-refractivity contribution < 1.29 is 0 Å². The lowest BCUT2D eigenvalue weighted by atomic mass is 9.90. The molecule has 0 N–H and O–H groups in total. The van der Waals surface area contributed by atoms with E-state index in [1.54, 1.807) is 0 Å². The van der Waals surface area contributed by atoms with Gasteiger partial charge >= 0.3 is 0 Å². The normalized spacial score (nSPS) is 11.9. The number of rotatable bonds is 4. The molecule has 0 saturated carbocycles. The summed E-state index contributed by atoms with van der Waals surface area (Å²) in [7, 11) is 0. The summed E-state index contributed by atoms with van der Waals surface area (Å²) in [5.41, 5.74) is 10.4. The molecule has 0 saturated heterocycles. The number of fused-ring (bicyclic) bond motifs is 11. The van der Waals surface area contributed by atoms with Gasteiger partial charge in [0.25, 0.3) is 0 Å². The third-order valence-corrected chi connectivity index (χ3v) is 11.9. The maximum Gasteiger partial charge on any atom is 0.138 e. The molecule has 0 radical (unpaired) electrons. The summed E-state index contributed by atoms with van der Waals surface area (Å²) in [6.07, 6.45) is 0. The molecular weight excluding hydrogens is 689 g/mol. The van der Waals surface area contributed by atoms with E-state index in [1.165, 1.54) is 76.1 Å². The van der Waals surface area contributed by atoms with Crippen molar-refractivity contribution >= 4 is 75.8 Å². The molecule has 0 unspecified atom stereocenters. The summed E-state index contributed by atoms with van der Waals surface area (Å²) in [5, 5.41) is 13.6. The van der Waals surface area contributed by atoms with Gasteiger partial charge in [-0.25, -0.2) is 4.98 Å². The number of aromatic nitrogens is 2. The second kappa shape index (κ2) is 12.5. The van der Waals surface area contributed by atoms with Crippen LogP contribution in [0.25, 0.3) is 115 Å². The number of nitrogens with zero attached hydrogens (tertiary/aromatic N) is 2. The summed E-state index contributed by atoms with van der Waals surface area (Å²) < 4.78 is 2.42. The molecule has 0 aliphatic carbocycles. The van der Waals surface area contributed by atoms with Crippen LogP contribution in [-0.4, -0.2) is 9.55 Å². The molecule has 2 heterocycles. The van der Waals surface area contributed by atoms with E-state index >= 15 is 0 Å². The van der Waals surface area contributed by atoms with Gasteiger partial charge in [-0.1, -0.05) is 176 Å². The zero-order valence-corrected chi connectivity index (χ0v) is 31.0. The number of hydrogen-bond acceptors (Lipinski definition) is 1. The van der Waals surface area contributed by atoms with Crippen LogP contribution in [0.3, 0.4) is 0 Å². The van der Waals surface area contributed by atoms with Crippen molar-refractivity contribution in [2.45, 2.75) is 0 Å². The van der Waals surface area contributed by atoms with Crippen molar-refractivity contribution in [3.63, 3.8) is 0 Å². The van der Waals surface area contributed by atoms with E-state index in [2.05, 4.69) is 211 Å². The van der Waals surface area contributed by atoms with Gasteiger partial charge < -0.3 is 0 Å². The second-order valence-corrected chi connectivity index (χ2v) is 15.1. The number of para-hydroxylation sites is 2. The Labute approximate surface area is 329 Å². The highest BCUT2D eigenvalue weighted by molar-refractivity contribution is 6.27. The standard InChI is InChI=1S/C55H34N2/c1-2-14-35(15-3-1)36-26-28-37(29-27-36)48-34-53(56-51-24-12-10-22-46(48)51)57-52-25-13-11-23-47(52)50-32-38-16-4-5-17-40(38)54(55(50)57)39-30-31-45-43-20-7-6-18-41(43)42-19-8-9-21-44(42)49(45)33-39/h1-34H. The minimum absolute atomic E-state index is 0.899. The van der Waals surface area contributed by atoms with Crippen LogP contribution in [0.15, 0.2) is 206 Å². The summed E-state index contributed by atoms with van der Waals surface area (Å²) >= 11 is 0. The maximum atomic E-state index is 5.47. The van der Waals surface area contributed by atoms with Gasteiger partial charge in [-0.15, -0.1) is 0 Å². The molecule has 12 aromatic rings. The topological polar surface area (TPSA) is 17.8 Å². The molecule has 12 rings (SSSR count). The van der Waals surface area contributed by atoms with Gasteiger partial charge in [-0.05, 0) is 101 Å². The molecule has 0 aliphatic rings. The Hall–Kier alpha value is -7.55. The predicted molar refractivity (Wildman–Crippen MR) is 242 cm³/mol. The van der Waals surface area contributed by atoms with Crippen LogP contribution in [0.1, 0.15) is 0 Å². The van der Waals surface area contributed by atoms with Crippen LogP contribution in [0.2, 0.25) is 0 Å². The Morgan fingerprint density at radius 1 is 0.316 bits per heavy atom. The highest BCUT2D eigenvalue weighted by Gasteiger charge is 2.22. The van der Waals surface area contributed by atoms with Crippen LogP contribution < -0.4 is 0 Å². The third kappa shape index (κ3) is 4.87. The van der Waals surface area contributed by atoms with E-state index < -0.39 is 0 Å². The molecule has 0 atom stereocenters. The van der Waals surface area contributed by atoms with Crippen LogP contribution in [0, 0.1) is 0 Å². The quantitative estimate of drug-likeness (QED) is 0.165. The van der Waals surface area contributed by atoms with Crippen molar-refractivity contribution in [2.75, 3.05) is 0 Å². The van der Waals surface area contributed by atoms with Crippen LogP contribution in [0.4, 0.5) is 0 Å². The van der Waals surface area contributed by atoms with Crippen molar-refractivity contribution in [3.05, 3.63) is 206 Å². The largest absolute Gasteiger partial charge is 0.293 e. The van der Waals surface area contributed by atoms with Gasteiger partial charge in [0.1, 0.15) is 5.82 Å². The molecule has 10 aromatic carbocycles. The van der Waals surface area contributed by atoms with Crippen molar-refractivity contribution in [1.82, 2.24) is 9.55 Å². The average Bonchev–Trinajstić information content (AvgIpc) is 3.62. The number of benzene rings is 10. The molecule has 0 amide bonds. The van der Waals surface area contributed by atoms with Crippen molar-refractivity contribution in [2.24, 2.45) is 0 Å². The zero-order valence-electron chi connectivity index (χ0n) is 31.0. The Kier molecular flexibility index (Phi) is 6.96. The minimum atomic E-state index is 0.899. The van der Waals surface area contributed by atoms with Gasteiger partial charge in [0.05, 0.1) is 16.6 Å². The smallest absolute Gasteiger partial charge is 0.138 e. The molecule has 0 spiro atoms. The van der Waals surface area contributed by atoms with E-state index in [1.807, 2.05) is 0 Å². The van der Waals surface area contributed by atoms with Gasteiger partial charge in [0.15, 0.2) is 0 Å². The highest BCUT2D eigenvalue weighted by Crippen LogP contribution is 2.45. The molecular formula is C55H34N2. The number of hydrogen-bond donors (Lipinski definition) is 0. The molecule has 2 heteroatoms. The Morgan fingerprint density at radius 3 is 1.58 bits per heavy atom. The predicted octanol–water partition coefficient (Wildman–Crippen LogP) is 14.9. The van der Waals surface area contributed by atoms with E-state index in [0.29, 0.717) is 0 Å². The van der Waals surface area contributed by atoms with Crippen LogP contribution in [0.5, 0.6) is 0 Å². The lowest BCUT2D eigenvalue weighted by molar-refractivity contribution is 1.10. The second-order valence-electron chi connectivity index (χ2n) is 15.1. The summed E-state index contributed by atoms with van der Waals surface area (Å²) in [6.45, 7) is 0. The number of pyridine rings is 1. The fourth-order valence-corrected chi connectivity index (χ4v) is 9.37. The summed E-state index contributed by atoms with van der Waals surface area (Å²) in [4.78, 5) is 5.47. The van der Waals surface area contributed by atoms with E-state index in [9.17, 15) is 0 Å². The van der Waals surface area contributed by atoms with Gasteiger partial charge in [-0.3, -0.25) is 4.57 Å². The Balaban J connectivity index is 1.18. The van der Waals surface area contributed by atoms with Crippen LogP contribution >= 0.6 is 0 Å². The SMILES string of the molecule is c1ccc(-c2ccc(-c3cc(-n4c5ccccc5c5cc6ccccc6c(-c6ccc7c8ccccc8c8ccccc8c7c6)c54)nc4ccccc34)cc2)cc1. The first kappa shape index (κ1) is 31.8. The third-order valence-electron chi connectivity index (χ3n) is 11.9. The molecule has 2 nitrogen and oxygen atoms in total. The molecule has 0 fully saturated rings. The Morgan fingerprint density at radius 2 is 0.842 bits per heavy atom. The molecule has 0 bridgehead atoms. The first-order valence-corrected chi connectivity index (χ1v) is 19.6. The molecule has 0 aliphatic heterocycles. The Bertz CT molecular complexity index is 3520. The maximum absolute atomic E-state index is 5.47. The van der Waals surface area contributed by atoms with Crippen LogP contribution in [-0.2, 0) is 0 Å². The summed E-state index contributed by atoms with van der Waals surface area (Å²) in [5.74, 6) is 0.899. The first-order chi connectivity index (χ1) is 28.3.